The number of benzene rings is 1. The Hall–Kier alpha value is -2.09. The van der Waals surface area contributed by atoms with Crippen LogP contribution in [0.1, 0.15) is 13.8 Å². The van der Waals surface area contributed by atoms with Gasteiger partial charge in [-0.25, -0.2) is 18.7 Å². The summed E-state index contributed by atoms with van der Waals surface area (Å²) in [5.74, 6) is -1.56. The van der Waals surface area contributed by atoms with Gasteiger partial charge in [-0.1, -0.05) is 26.1 Å². The molecule has 31 heavy (non-hydrogen) atoms. The van der Waals surface area contributed by atoms with Crippen molar-refractivity contribution in [1.82, 2.24) is 9.62 Å². The van der Waals surface area contributed by atoms with Crippen LogP contribution >= 0.6 is 12.2 Å². The molecule has 2 saturated heterocycles. The fraction of sp³-hybridized carbons (Fsp3) is 0.556. The number of carbonyl (C=O) groups is 1. The molecule has 172 valence electrons. The van der Waals surface area contributed by atoms with E-state index in [1.807, 2.05) is 13.8 Å². The monoisotopic (exact) mass is 477 g/mol. The van der Waals surface area contributed by atoms with Gasteiger partial charge in [0, 0.05) is 44.2 Å². The van der Waals surface area contributed by atoms with Crippen molar-refractivity contribution in [2.24, 2.45) is 11.1 Å². The first-order valence-corrected chi connectivity index (χ1v) is 11.7. The van der Waals surface area contributed by atoms with Gasteiger partial charge in [-0.15, -0.1) is 0 Å². The molecule has 9 nitrogen and oxygen atoms in total. The SMILES string of the molecule is CC(C)C(=S)NC[C@H]1CN(c2cc(F)c(N3CCN(S(N)(=O)=O)CC3)c(F)c2)C(=O)O1. The number of thiocarbonyl (C=S) groups is 1. The minimum Gasteiger partial charge on any atom is -0.442 e. The maximum absolute atomic E-state index is 14.8. The molecule has 1 aromatic rings. The van der Waals surface area contributed by atoms with E-state index in [0.29, 0.717) is 11.5 Å². The van der Waals surface area contributed by atoms with Crippen LogP contribution in [-0.2, 0) is 14.9 Å². The number of anilines is 2. The fourth-order valence-corrected chi connectivity index (χ4v) is 4.19. The molecule has 2 aliphatic rings. The van der Waals surface area contributed by atoms with Gasteiger partial charge in [-0.2, -0.15) is 12.7 Å². The summed E-state index contributed by atoms with van der Waals surface area (Å²) in [6.07, 6.45) is -1.21. The molecule has 0 aromatic heterocycles. The van der Waals surface area contributed by atoms with Gasteiger partial charge < -0.3 is 15.0 Å². The van der Waals surface area contributed by atoms with Crippen molar-refractivity contribution < 1.29 is 26.7 Å². The number of halogens is 2. The molecule has 2 aliphatic heterocycles. The highest BCUT2D eigenvalue weighted by atomic mass is 32.2. The Kier molecular flexibility index (Phi) is 6.98. The lowest BCUT2D eigenvalue weighted by atomic mass is 10.2. The zero-order valence-electron chi connectivity index (χ0n) is 17.2. The Balaban J connectivity index is 1.69. The number of ether oxygens (including phenoxy) is 1. The van der Waals surface area contributed by atoms with Crippen molar-refractivity contribution in [2.45, 2.75) is 20.0 Å². The summed E-state index contributed by atoms with van der Waals surface area (Å²) >= 11 is 5.19. The van der Waals surface area contributed by atoms with Crippen LogP contribution in [0.5, 0.6) is 0 Å². The van der Waals surface area contributed by atoms with Crippen molar-refractivity contribution in [3.05, 3.63) is 23.8 Å². The Morgan fingerprint density at radius 2 is 1.84 bits per heavy atom. The molecule has 0 aliphatic carbocycles. The average Bonchev–Trinajstić information content (AvgIpc) is 3.05. The van der Waals surface area contributed by atoms with Gasteiger partial charge in [-0.05, 0) is 0 Å². The van der Waals surface area contributed by atoms with Crippen LogP contribution in [0.3, 0.4) is 0 Å². The number of nitrogens with one attached hydrogen (secondary N) is 1. The van der Waals surface area contributed by atoms with E-state index in [1.54, 1.807) is 0 Å². The van der Waals surface area contributed by atoms with Crippen molar-refractivity contribution >= 4 is 44.9 Å². The largest absolute Gasteiger partial charge is 0.442 e. The van der Waals surface area contributed by atoms with Crippen LogP contribution in [0.15, 0.2) is 12.1 Å². The van der Waals surface area contributed by atoms with E-state index < -0.39 is 34.0 Å². The van der Waals surface area contributed by atoms with Crippen molar-refractivity contribution in [3.63, 3.8) is 0 Å². The van der Waals surface area contributed by atoms with E-state index in [9.17, 15) is 22.0 Å². The molecular weight excluding hydrogens is 452 g/mol. The van der Waals surface area contributed by atoms with Gasteiger partial charge >= 0.3 is 6.09 Å². The number of hydrogen-bond donors (Lipinski definition) is 2. The number of nitrogens with two attached hydrogens (primary N) is 1. The Morgan fingerprint density at radius 1 is 1.26 bits per heavy atom. The zero-order valence-corrected chi connectivity index (χ0v) is 18.8. The summed E-state index contributed by atoms with van der Waals surface area (Å²) in [5, 5.41) is 8.11. The van der Waals surface area contributed by atoms with Crippen LogP contribution in [0.2, 0.25) is 0 Å². The van der Waals surface area contributed by atoms with Crippen LogP contribution in [-0.4, -0.2) is 69.2 Å². The minimum atomic E-state index is -3.85. The quantitative estimate of drug-likeness (QED) is 0.593. The summed E-state index contributed by atoms with van der Waals surface area (Å²) < 4.78 is 58.7. The van der Waals surface area contributed by atoms with E-state index in [-0.39, 0.29) is 50.0 Å². The van der Waals surface area contributed by atoms with Gasteiger partial charge in [0.2, 0.25) is 0 Å². The minimum absolute atomic E-state index is 0.0187. The molecule has 2 fully saturated rings. The van der Waals surface area contributed by atoms with Gasteiger partial charge in [0.15, 0.2) is 11.6 Å². The van der Waals surface area contributed by atoms with Gasteiger partial charge in [0.05, 0.1) is 23.8 Å². The number of piperazine rings is 1. The lowest BCUT2D eigenvalue weighted by molar-refractivity contribution is 0.143. The second kappa shape index (κ2) is 9.18. The molecule has 0 radical (unpaired) electrons. The van der Waals surface area contributed by atoms with Gasteiger partial charge in [-0.3, -0.25) is 4.90 Å². The highest BCUT2D eigenvalue weighted by Crippen LogP contribution is 2.31. The first kappa shape index (κ1) is 23.6. The Morgan fingerprint density at radius 3 is 2.35 bits per heavy atom. The number of hydrogen-bond acceptors (Lipinski definition) is 6. The predicted molar refractivity (Wildman–Crippen MR) is 116 cm³/mol. The third-order valence-electron chi connectivity index (χ3n) is 5.13. The zero-order chi connectivity index (χ0) is 22.9. The molecule has 1 aromatic carbocycles. The molecule has 13 heteroatoms. The molecule has 0 bridgehead atoms. The van der Waals surface area contributed by atoms with Gasteiger partial charge in [0.25, 0.3) is 10.2 Å². The fourth-order valence-electron chi connectivity index (χ4n) is 3.43. The number of carbonyl (C=O) groups excluding carboxylic acids is 1. The molecule has 3 N–H and O–H groups in total. The van der Waals surface area contributed by atoms with Crippen LogP contribution < -0.4 is 20.3 Å². The van der Waals surface area contributed by atoms with Crippen LogP contribution in [0.25, 0.3) is 0 Å². The molecule has 0 unspecified atom stereocenters. The van der Waals surface area contributed by atoms with Gasteiger partial charge in [0.1, 0.15) is 11.8 Å². The summed E-state index contributed by atoms with van der Waals surface area (Å²) in [7, 11) is -3.85. The third kappa shape index (κ3) is 5.40. The van der Waals surface area contributed by atoms with Crippen molar-refractivity contribution in [2.75, 3.05) is 49.1 Å². The summed E-state index contributed by atoms with van der Waals surface area (Å²) in [4.78, 5) is 15.4. The highest BCUT2D eigenvalue weighted by Gasteiger charge is 2.34. The standard InChI is InChI=1S/C18H25F2N5O4S2/c1-11(2)17(30)22-9-13-10-25(18(26)29-13)12-7-14(19)16(15(20)8-12)23-3-5-24(6-4-23)31(21,27)28/h7-8,11,13H,3-6,9-10H2,1-2H3,(H,22,30)(H2,21,27,28)/t13-/m0/s1. The second-order valence-electron chi connectivity index (χ2n) is 7.71. The van der Waals surface area contributed by atoms with Crippen molar-refractivity contribution in [3.8, 4) is 0 Å². The lowest BCUT2D eigenvalue weighted by Gasteiger charge is -2.34. The summed E-state index contributed by atoms with van der Waals surface area (Å²) in [5.41, 5.74) is -0.230. The molecule has 0 saturated carbocycles. The average molecular weight is 478 g/mol. The molecule has 0 spiro atoms. The second-order valence-corrected chi connectivity index (χ2v) is 9.69. The van der Waals surface area contributed by atoms with Crippen LogP contribution in [0.4, 0.5) is 25.0 Å². The van der Waals surface area contributed by atoms with Crippen LogP contribution in [0, 0.1) is 17.6 Å². The molecule has 3 rings (SSSR count). The number of cyclic esters (lactones) is 1. The van der Waals surface area contributed by atoms with E-state index in [0.717, 1.165) is 16.4 Å². The summed E-state index contributed by atoms with van der Waals surface area (Å²) in [6.45, 7) is 4.50. The number of amides is 1. The van der Waals surface area contributed by atoms with E-state index in [4.69, 9.17) is 22.1 Å². The maximum atomic E-state index is 14.8. The van der Waals surface area contributed by atoms with E-state index in [2.05, 4.69) is 5.32 Å². The van der Waals surface area contributed by atoms with E-state index >= 15 is 0 Å². The van der Waals surface area contributed by atoms with E-state index in [1.165, 1.54) is 9.80 Å². The first-order valence-electron chi connectivity index (χ1n) is 9.75. The van der Waals surface area contributed by atoms with Crippen molar-refractivity contribution in [1.29, 1.82) is 0 Å². The topological polar surface area (TPSA) is 108 Å². The smallest absolute Gasteiger partial charge is 0.414 e. The molecule has 1 atom stereocenters. The third-order valence-corrected chi connectivity index (χ3v) is 6.83. The molecule has 2 heterocycles. The highest BCUT2D eigenvalue weighted by molar-refractivity contribution is 7.86. The Labute approximate surface area is 185 Å². The molecule has 1 amide bonds. The first-order chi connectivity index (χ1) is 14.5. The predicted octanol–water partition coefficient (Wildman–Crippen LogP) is 1.19. The number of nitrogens with zero attached hydrogens (tertiary/aromatic N) is 3. The Bertz CT molecular complexity index is 945. The lowest BCUT2D eigenvalue weighted by Crippen LogP contribution is -2.51. The maximum Gasteiger partial charge on any atom is 0.414 e. The summed E-state index contributed by atoms with van der Waals surface area (Å²) in [6, 6.07) is 2.14. The normalized spacial score (nSPS) is 20.3. The number of rotatable bonds is 6. The molecular formula is C18H25F2N5O4S2.